The van der Waals surface area contributed by atoms with Gasteiger partial charge in [0.2, 0.25) is 5.88 Å². The molecule has 1 aliphatic heterocycles. The van der Waals surface area contributed by atoms with E-state index >= 15 is 0 Å². The second-order valence-electron chi connectivity index (χ2n) is 9.60. The standard InChI is InChI=1S/C30H33ClN4O/c1-3-4-29-21-34(19-22-5-7-23(8-6-22)25-10-12-30(36-2)33-17-25)13-14-35(29)20-28-16-24-9-11-27(31)15-26(24)18-32-28/h5-12,15-18,29H,3-4,13-14,19-21H2,1-2H3/t29-/m0/s1. The maximum absolute atomic E-state index is 6.14. The van der Waals surface area contributed by atoms with Gasteiger partial charge in [0.15, 0.2) is 0 Å². The third-order valence-corrected chi connectivity index (χ3v) is 7.29. The average Bonchev–Trinajstić information content (AvgIpc) is 2.91. The third-order valence-electron chi connectivity index (χ3n) is 7.06. The van der Waals surface area contributed by atoms with Crippen LogP contribution in [0.5, 0.6) is 5.88 Å². The molecule has 36 heavy (non-hydrogen) atoms. The van der Waals surface area contributed by atoms with Gasteiger partial charge in [0.25, 0.3) is 0 Å². The first-order chi connectivity index (χ1) is 17.6. The Morgan fingerprint density at radius 2 is 1.72 bits per heavy atom. The number of fused-ring (bicyclic) bond motifs is 1. The third kappa shape index (κ3) is 5.86. The molecule has 186 valence electrons. The van der Waals surface area contributed by atoms with E-state index in [2.05, 4.69) is 64.2 Å². The van der Waals surface area contributed by atoms with Crippen molar-refractivity contribution in [2.24, 2.45) is 0 Å². The number of ether oxygens (including phenoxy) is 1. The van der Waals surface area contributed by atoms with Gasteiger partial charge in [-0.1, -0.05) is 55.3 Å². The van der Waals surface area contributed by atoms with Crippen molar-refractivity contribution in [1.82, 2.24) is 19.8 Å². The molecule has 0 spiro atoms. The van der Waals surface area contributed by atoms with E-state index < -0.39 is 0 Å². The molecule has 0 bridgehead atoms. The molecule has 0 saturated carbocycles. The second kappa shape index (κ2) is 11.4. The van der Waals surface area contributed by atoms with Crippen molar-refractivity contribution in [3.05, 3.63) is 89.3 Å². The van der Waals surface area contributed by atoms with E-state index in [1.807, 2.05) is 30.6 Å². The van der Waals surface area contributed by atoms with E-state index in [9.17, 15) is 0 Å². The van der Waals surface area contributed by atoms with Crippen LogP contribution in [0.4, 0.5) is 0 Å². The minimum Gasteiger partial charge on any atom is -0.481 e. The van der Waals surface area contributed by atoms with Crippen LogP contribution in [-0.2, 0) is 13.1 Å². The summed E-state index contributed by atoms with van der Waals surface area (Å²) in [4.78, 5) is 14.3. The number of nitrogens with zero attached hydrogens (tertiary/aromatic N) is 4. The van der Waals surface area contributed by atoms with E-state index in [4.69, 9.17) is 21.3 Å². The van der Waals surface area contributed by atoms with Gasteiger partial charge in [0, 0.05) is 73.2 Å². The van der Waals surface area contributed by atoms with E-state index in [1.54, 1.807) is 7.11 Å². The lowest BCUT2D eigenvalue weighted by atomic mass is 10.0. The first-order valence-corrected chi connectivity index (χ1v) is 13.1. The highest BCUT2D eigenvalue weighted by Gasteiger charge is 2.26. The Morgan fingerprint density at radius 3 is 2.47 bits per heavy atom. The zero-order valence-electron chi connectivity index (χ0n) is 21.0. The lowest BCUT2D eigenvalue weighted by molar-refractivity contribution is 0.0583. The highest BCUT2D eigenvalue weighted by Crippen LogP contribution is 2.24. The van der Waals surface area contributed by atoms with E-state index in [0.29, 0.717) is 11.9 Å². The van der Waals surface area contributed by atoms with Crippen LogP contribution in [0.15, 0.2) is 73.1 Å². The number of hydrogen-bond acceptors (Lipinski definition) is 5. The van der Waals surface area contributed by atoms with Crippen LogP contribution in [0, 0.1) is 0 Å². The maximum atomic E-state index is 6.14. The van der Waals surface area contributed by atoms with Crippen molar-refractivity contribution in [2.45, 2.75) is 38.9 Å². The number of benzene rings is 2. The van der Waals surface area contributed by atoms with Gasteiger partial charge >= 0.3 is 0 Å². The molecule has 1 fully saturated rings. The number of rotatable bonds is 8. The van der Waals surface area contributed by atoms with Crippen LogP contribution in [0.2, 0.25) is 5.02 Å². The van der Waals surface area contributed by atoms with Crippen LogP contribution < -0.4 is 4.74 Å². The number of pyridine rings is 2. The Morgan fingerprint density at radius 1 is 0.889 bits per heavy atom. The molecule has 5 rings (SSSR count). The molecule has 5 nitrogen and oxygen atoms in total. The summed E-state index contributed by atoms with van der Waals surface area (Å²) < 4.78 is 5.17. The summed E-state index contributed by atoms with van der Waals surface area (Å²) in [7, 11) is 1.64. The number of hydrogen-bond donors (Lipinski definition) is 0. The van der Waals surface area contributed by atoms with Gasteiger partial charge in [-0.15, -0.1) is 0 Å². The lowest BCUT2D eigenvalue weighted by Gasteiger charge is -2.41. The van der Waals surface area contributed by atoms with Crippen LogP contribution in [-0.4, -0.2) is 52.6 Å². The van der Waals surface area contributed by atoms with Crippen LogP contribution in [0.3, 0.4) is 0 Å². The zero-order chi connectivity index (χ0) is 24.9. The first-order valence-electron chi connectivity index (χ1n) is 12.7. The molecule has 0 radical (unpaired) electrons. The number of methoxy groups -OCH3 is 1. The van der Waals surface area contributed by atoms with Crippen molar-refractivity contribution in [3.63, 3.8) is 0 Å². The highest BCUT2D eigenvalue weighted by molar-refractivity contribution is 6.31. The van der Waals surface area contributed by atoms with Gasteiger partial charge in [-0.2, -0.15) is 0 Å². The molecule has 4 aromatic rings. The quantitative estimate of drug-likeness (QED) is 0.278. The smallest absolute Gasteiger partial charge is 0.212 e. The molecule has 1 atom stereocenters. The van der Waals surface area contributed by atoms with Crippen molar-refractivity contribution in [3.8, 4) is 17.0 Å². The minimum atomic E-state index is 0.538. The van der Waals surface area contributed by atoms with E-state index in [0.717, 1.165) is 54.4 Å². The highest BCUT2D eigenvalue weighted by atomic mass is 35.5. The molecular formula is C30H33ClN4O. The molecule has 1 aliphatic rings. The van der Waals surface area contributed by atoms with Crippen LogP contribution >= 0.6 is 11.6 Å². The Hall–Kier alpha value is -2.99. The first kappa shape index (κ1) is 24.7. The fourth-order valence-electron chi connectivity index (χ4n) is 5.10. The fraction of sp³-hybridized carbons (Fsp3) is 0.333. The molecule has 3 heterocycles. The summed E-state index contributed by atoms with van der Waals surface area (Å²) in [6.45, 7) is 7.35. The molecule has 0 N–H and O–H groups in total. The summed E-state index contributed by atoms with van der Waals surface area (Å²) in [6.07, 6.45) is 6.20. The Labute approximate surface area is 218 Å². The van der Waals surface area contributed by atoms with Gasteiger partial charge in [-0.25, -0.2) is 4.98 Å². The Balaban J connectivity index is 1.22. The lowest BCUT2D eigenvalue weighted by Crippen LogP contribution is -2.52. The van der Waals surface area contributed by atoms with E-state index in [1.165, 1.54) is 29.4 Å². The largest absolute Gasteiger partial charge is 0.481 e. The number of piperazine rings is 1. The zero-order valence-corrected chi connectivity index (χ0v) is 21.8. The van der Waals surface area contributed by atoms with Crippen molar-refractivity contribution in [1.29, 1.82) is 0 Å². The molecule has 6 heteroatoms. The van der Waals surface area contributed by atoms with Gasteiger partial charge < -0.3 is 4.74 Å². The average molecular weight is 501 g/mol. The Kier molecular flexibility index (Phi) is 7.81. The minimum absolute atomic E-state index is 0.538. The maximum Gasteiger partial charge on any atom is 0.212 e. The molecule has 0 aliphatic carbocycles. The SMILES string of the molecule is CCC[C@H]1CN(Cc2ccc(-c3ccc(OC)nc3)cc2)CCN1Cc1cc2ccc(Cl)cc2cn1. The van der Waals surface area contributed by atoms with Gasteiger partial charge in [-0.05, 0) is 47.2 Å². The van der Waals surface area contributed by atoms with E-state index in [-0.39, 0.29) is 0 Å². The second-order valence-corrected chi connectivity index (χ2v) is 10.0. The van der Waals surface area contributed by atoms with Gasteiger partial charge in [0.1, 0.15) is 0 Å². The molecule has 2 aromatic heterocycles. The van der Waals surface area contributed by atoms with Crippen molar-refractivity contribution >= 4 is 22.4 Å². The molecule has 0 unspecified atom stereocenters. The molecule has 1 saturated heterocycles. The summed E-state index contributed by atoms with van der Waals surface area (Å²) in [5.41, 5.74) is 4.75. The fourth-order valence-corrected chi connectivity index (χ4v) is 5.28. The summed E-state index contributed by atoms with van der Waals surface area (Å²) in [5, 5.41) is 3.04. The predicted molar refractivity (Wildman–Crippen MR) is 147 cm³/mol. The van der Waals surface area contributed by atoms with Gasteiger partial charge in [-0.3, -0.25) is 14.8 Å². The van der Waals surface area contributed by atoms with Crippen molar-refractivity contribution in [2.75, 3.05) is 26.7 Å². The normalized spacial score (nSPS) is 16.9. The predicted octanol–water partition coefficient (Wildman–Crippen LogP) is 6.45. The summed E-state index contributed by atoms with van der Waals surface area (Å²) in [5.74, 6) is 0.637. The summed E-state index contributed by atoms with van der Waals surface area (Å²) >= 11 is 6.14. The van der Waals surface area contributed by atoms with Crippen LogP contribution in [0.25, 0.3) is 21.9 Å². The van der Waals surface area contributed by atoms with Crippen molar-refractivity contribution < 1.29 is 4.74 Å². The van der Waals surface area contributed by atoms with Gasteiger partial charge in [0.05, 0.1) is 12.8 Å². The number of halogens is 1. The molecule has 0 amide bonds. The monoisotopic (exact) mass is 500 g/mol. The topological polar surface area (TPSA) is 41.5 Å². The number of aromatic nitrogens is 2. The summed E-state index contributed by atoms with van der Waals surface area (Å²) in [6, 6.07) is 21.6. The molecular weight excluding hydrogens is 468 g/mol. The van der Waals surface area contributed by atoms with Crippen LogP contribution in [0.1, 0.15) is 31.0 Å². The molecule has 2 aromatic carbocycles. The Bertz CT molecular complexity index is 1290.